The molecule has 1 amide bonds. The van der Waals surface area contributed by atoms with Crippen LogP contribution in [0.1, 0.15) is 41.6 Å². The summed E-state index contributed by atoms with van der Waals surface area (Å²) >= 11 is 6.13. The average Bonchev–Trinajstić information content (AvgIpc) is 2.95. The lowest BCUT2D eigenvalue weighted by Crippen LogP contribution is -2.54. The van der Waals surface area contributed by atoms with Crippen molar-refractivity contribution in [3.63, 3.8) is 0 Å². The van der Waals surface area contributed by atoms with Gasteiger partial charge in [0.2, 0.25) is 0 Å². The number of carboxylic acid groups (broad SMARTS) is 1. The molecule has 0 saturated heterocycles. The summed E-state index contributed by atoms with van der Waals surface area (Å²) in [5.41, 5.74) is 0.711. The first kappa shape index (κ1) is 16.5. The van der Waals surface area contributed by atoms with Crippen LogP contribution in [0, 0.1) is 0 Å². The highest BCUT2D eigenvalue weighted by Crippen LogP contribution is 2.35. The third kappa shape index (κ3) is 3.59. The van der Waals surface area contributed by atoms with E-state index < -0.39 is 11.5 Å². The highest BCUT2D eigenvalue weighted by molar-refractivity contribution is 6.31. The molecule has 1 fully saturated rings. The van der Waals surface area contributed by atoms with E-state index in [1.54, 1.807) is 16.9 Å². The zero-order chi connectivity index (χ0) is 17.2. The topological polar surface area (TPSA) is 84.2 Å². The summed E-state index contributed by atoms with van der Waals surface area (Å²) in [7, 11) is 0. The Morgan fingerprint density at radius 3 is 2.71 bits per heavy atom. The summed E-state index contributed by atoms with van der Waals surface area (Å²) < 4.78 is 1.64. The van der Waals surface area contributed by atoms with Gasteiger partial charge in [-0.15, -0.1) is 0 Å². The Hall–Kier alpha value is -2.34. The number of benzene rings is 1. The van der Waals surface area contributed by atoms with Crippen LogP contribution in [0.5, 0.6) is 0 Å². The summed E-state index contributed by atoms with van der Waals surface area (Å²) in [6.45, 7) is 0.465. The fourth-order valence-electron chi connectivity index (χ4n) is 2.92. The molecule has 0 spiro atoms. The molecule has 1 aliphatic rings. The first-order valence-electron chi connectivity index (χ1n) is 7.78. The molecule has 24 heavy (non-hydrogen) atoms. The number of hydrogen-bond donors (Lipinski definition) is 2. The smallest absolute Gasteiger partial charge is 0.305 e. The number of nitrogens with zero attached hydrogens (tertiary/aromatic N) is 2. The molecule has 2 N–H and O–H groups in total. The molecule has 1 saturated carbocycles. The van der Waals surface area contributed by atoms with E-state index in [0.29, 0.717) is 30.0 Å². The van der Waals surface area contributed by atoms with Crippen molar-refractivity contribution < 1.29 is 14.7 Å². The summed E-state index contributed by atoms with van der Waals surface area (Å²) in [6, 6.07) is 7.46. The SMILES string of the molecule is O=C(O)CC1(NC(=O)c2cnn(Cc3ccccc3Cl)c2)CCC1. The number of rotatable bonds is 6. The standard InChI is InChI=1S/C17H18ClN3O3/c18-14-5-2-1-4-12(14)10-21-11-13(9-19-21)16(24)20-17(6-3-7-17)8-15(22)23/h1-2,4-5,9,11H,3,6-8,10H2,(H,20,24)(H,22,23). The van der Waals surface area contributed by atoms with Crippen molar-refractivity contribution in [2.24, 2.45) is 0 Å². The van der Waals surface area contributed by atoms with Crippen LogP contribution in [-0.2, 0) is 11.3 Å². The van der Waals surface area contributed by atoms with Gasteiger partial charge in [-0.3, -0.25) is 14.3 Å². The fraction of sp³-hybridized carbons (Fsp3) is 0.353. The van der Waals surface area contributed by atoms with Crippen LogP contribution >= 0.6 is 11.6 Å². The normalized spacial score (nSPS) is 15.5. The largest absolute Gasteiger partial charge is 0.481 e. The van der Waals surface area contributed by atoms with E-state index in [0.717, 1.165) is 12.0 Å². The lowest BCUT2D eigenvalue weighted by Gasteiger charge is -2.41. The first-order chi connectivity index (χ1) is 11.5. The van der Waals surface area contributed by atoms with Gasteiger partial charge in [0, 0.05) is 11.2 Å². The second-order valence-corrected chi connectivity index (χ2v) is 6.58. The monoisotopic (exact) mass is 347 g/mol. The van der Waals surface area contributed by atoms with Crippen LogP contribution in [0.25, 0.3) is 0 Å². The molecule has 3 rings (SSSR count). The molecule has 0 bridgehead atoms. The summed E-state index contributed by atoms with van der Waals surface area (Å²) in [5.74, 6) is -1.19. The quantitative estimate of drug-likeness (QED) is 0.841. The molecule has 1 aromatic carbocycles. The minimum Gasteiger partial charge on any atom is -0.481 e. The molecule has 7 heteroatoms. The molecule has 0 aliphatic heterocycles. The van der Waals surface area contributed by atoms with Crippen LogP contribution in [0.3, 0.4) is 0 Å². The number of amides is 1. The Morgan fingerprint density at radius 1 is 1.33 bits per heavy atom. The summed E-state index contributed by atoms with van der Waals surface area (Å²) in [5, 5.41) is 16.7. The van der Waals surface area contributed by atoms with Crippen LogP contribution < -0.4 is 5.32 Å². The second kappa shape index (κ2) is 6.65. The van der Waals surface area contributed by atoms with Crippen molar-refractivity contribution in [1.82, 2.24) is 15.1 Å². The molecule has 1 aliphatic carbocycles. The van der Waals surface area contributed by atoms with Gasteiger partial charge < -0.3 is 10.4 Å². The van der Waals surface area contributed by atoms with E-state index in [1.807, 2.05) is 18.2 Å². The zero-order valence-corrected chi connectivity index (χ0v) is 13.8. The van der Waals surface area contributed by atoms with E-state index >= 15 is 0 Å². The number of nitrogens with one attached hydrogen (secondary N) is 1. The Kier molecular flexibility index (Phi) is 4.57. The molecule has 6 nitrogen and oxygen atoms in total. The van der Waals surface area contributed by atoms with Crippen LogP contribution in [0.4, 0.5) is 0 Å². The van der Waals surface area contributed by atoms with Gasteiger partial charge in [0.25, 0.3) is 5.91 Å². The Balaban J connectivity index is 1.68. The number of carbonyl (C=O) groups excluding carboxylic acids is 1. The molecular weight excluding hydrogens is 330 g/mol. The number of halogens is 1. The van der Waals surface area contributed by atoms with Gasteiger partial charge in [-0.2, -0.15) is 5.10 Å². The molecule has 1 heterocycles. The molecule has 2 aromatic rings. The molecule has 0 radical (unpaired) electrons. The predicted octanol–water partition coefficient (Wildman–Crippen LogP) is 2.71. The van der Waals surface area contributed by atoms with Crippen molar-refractivity contribution in [3.8, 4) is 0 Å². The predicted molar refractivity (Wildman–Crippen MR) is 89.1 cm³/mol. The Labute approximate surface area is 144 Å². The highest BCUT2D eigenvalue weighted by atomic mass is 35.5. The number of carboxylic acids is 1. The second-order valence-electron chi connectivity index (χ2n) is 6.18. The fourth-order valence-corrected chi connectivity index (χ4v) is 3.12. The molecule has 1 aromatic heterocycles. The summed E-state index contributed by atoms with van der Waals surface area (Å²) in [4.78, 5) is 23.4. The first-order valence-corrected chi connectivity index (χ1v) is 8.15. The van der Waals surface area contributed by atoms with E-state index in [2.05, 4.69) is 10.4 Å². The van der Waals surface area contributed by atoms with Gasteiger partial charge in [0.05, 0.1) is 30.3 Å². The Bertz CT molecular complexity index is 768. The van der Waals surface area contributed by atoms with E-state index in [-0.39, 0.29) is 12.3 Å². The number of hydrogen-bond acceptors (Lipinski definition) is 3. The van der Waals surface area contributed by atoms with Crippen molar-refractivity contribution in [3.05, 3.63) is 52.8 Å². The number of aromatic nitrogens is 2. The average molecular weight is 348 g/mol. The maximum atomic E-state index is 12.4. The van der Waals surface area contributed by atoms with Crippen LogP contribution in [0.2, 0.25) is 5.02 Å². The molecule has 0 unspecified atom stereocenters. The van der Waals surface area contributed by atoms with Crippen molar-refractivity contribution in [1.29, 1.82) is 0 Å². The molecular formula is C17H18ClN3O3. The molecule has 0 atom stereocenters. The van der Waals surface area contributed by atoms with Crippen molar-refractivity contribution >= 4 is 23.5 Å². The third-order valence-electron chi connectivity index (χ3n) is 4.36. The lowest BCUT2D eigenvalue weighted by atomic mass is 9.74. The minimum atomic E-state index is -0.899. The van der Waals surface area contributed by atoms with Crippen molar-refractivity contribution in [2.75, 3.05) is 0 Å². The van der Waals surface area contributed by atoms with Gasteiger partial charge in [0.15, 0.2) is 0 Å². The van der Waals surface area contributed by atoms with Gasteiger partial charge >= 0.3 is 5.97 Å². The highest BCUT2D eigenvalue weighted by Gasteiger charge is 2.40. The Morgan fingerprint density at radius 2 is 2.08 bits per heavy atom. The number of aliphatic carboxylic acids is 1. The zero-order valence-electron chi connectivity index (χ0n) is 13.0. The van der Waals surface area contributed by atoms with Crippen LogP contribution in [0.15, 0.2) is 36.7 Å². The minimum absolute atomic E-state index is 0.0491. The maximum absolute atomic E-state index is 12.4. The third-order valence-corrected chi connectivity index (χ3v) is 4.73. The van der Waals surface area contributed by atoms with Gasteiger partial charge in [-0.25, -0.2) is 0 Å². The van der Waals surface area contributed by atoms with Gasteiger partial charge in [0.1, 0.15) is 0 Å². The van der Waals surface area contributed by atoms with E-state index in [4.69, 9.17) is 16.7 Å². The lowest BCUT2D eigenvalue weighted by molar-refractivity contribution is -0.139. The van der Waals surface area contributed by atoms with Crippen molar-refractivity contribution in [2.45, 2.75) is 37.8 Å². The van der Waals surface area contributed by atoms with Crippen LogP contribution in [-0.4, -0.2) is 32.3 Å². The van der Waals surface area contributed by atoms with E-state index in [9.17, 15) is 9.59 Å². The van der Waals surface area contributed by atoms with E-state index in [1.165, 1.54) is 6.20 Å². The maximum Gasteiger partial charge on any atom is 0.305 e. The van der Waals surface area contributed by atoms with Gasteiger partial charge in [-0.05, 0) is 30.9 Å². The summed E-state index contributed by atoms with van der Waals surface area (Å²) in [6.07, 6.45) is 5.40. The molecule has 126 valence electrons. The number of carbonyl (C=O) groups is 2. The van der Waals surface area contributed by atoms with Gasteiger partial charge in [-0.1, -0.05) is 29.8 Å².